The summed E-state index contributed by atoms with van der Waals surface area (Å²) in [6, 6.07) is 0. The standard InChI is InChI=1S/C13H20N2O2S/c1-3-10-6-7-15(8-10)13-14-11(9-18-13)4-5-12(16)17-2/h9-10H,3-8H2,1-2H3. The van der Waals surface area contributed by atoms with Gasteiger partial charge in [0.25, 0.3) is 0 Å². The zero-order valence-electron chi connectivity index (χ0n) is 11.0. The van der Waals surface area contributed by atoms with Gasteiger partial charge in [-0.3, -0.25) is 4.79 Å². The molecule has 0 aromatic carbocycles. The topological polar surface area (TPSA) is 42.4 Å². The minimum absolute atomic E-state index is 0.170. The molecule has 100 valence electrons. The summed E-state index contributed by atoms with van der Waals surface area (Å²) >= 11 is 1.68. The maximum atomic E-state index is 11.1. The molecule has 1 aromatic rings. The average Bonchev–Trinajstić information content (AvgIpc) is 3.03. The van der Waals surface area contributed by atoms with Crippen LogP contribution in [0.15, 0.2) is 5.38 Å². The molecule has 1 unspecified atom stereocenters. The molecule has 1 atom stereocenters. The molecule has 1 aliphatic rings. The van der Waals surface area contributed by atoms with Crippen LogP contribution in [0.1, 0.15) is 31.9 Å². The number of esters is 1. The number of hydrogen-bond acceptors (Lipinski definition) is 5. The van der Waals surface area contributed by atoms with Crippen LogP contribution < -0.4 is 4.90 Å². The maximum Gasteiger partial charge on any atom is 0.305 e. The Morgan fingerprint density at radius 2 is 2.50 bits per heavy atom. The fourth-order valence-electron chi connectivity index (χ4n) is 2.23. The second-order valence-corrected chi connectivity index (χ2v) is 5.54. The molecule has 1 aliphatic heterocycles. The second kappa shape index (κ2) is 6.18. The highest BCUT2D eigenvalue weighted by Gasteiger charge is 2.23. The molecule has 1 fully saturated rings. The van der Waals surface area contributed by atoms with Crippen LogP contribution in [0.3, 0.4) is 0 Å². The Balaban J connectivity index is 1.88. The predicted molar refractivity (Wildman–Crippen MR) is 73.1 cm³/mol. The zero-order chi connectivity index (χ0) is 13.0. The van der Waals surface area contributed by atoms with Gasteiger partial charge in [-0.15, -0.1) is 11.3 Å². The van der Waals surface area contributed by atoms with Crippen LogP contribution >= 0.6 is 11.3 Å². The Labute approximate surface area is 112 Å². The first-order chi connectivity index (χ1) is 8.72. The number of anilines is 1. The molecule has 0 amide bonds. The Hall–Kier alpha value is -1.10. The Kier molecular flexibility index (Phi) is 4.58. The van der Waals surface area contributed by atoms with E-state index in [0.717, 1.165) is 29.8 Å². The van der Waals surface area contributed by atoms with Crippen LogP contribution in [-0.4, -0.2) is 31.2 Å². The van der Waals surface area contributed by atoms with Crippen molar-refractivity contribution in [3.8, 4) is 0 Å². The summed E-state index contributed by atoms with van der Waals surface area (Å²) in [5.74, 6) is 0.643. The van der Waals surface area contributed by atoms with Gasteiger partial charge in [-0.2, -0.15) is 0 Å². The van der Waals surface area contributed by atoms with E-state index < -0.39 is 0 Å². The van der Waals surface area contributed by atoms with E-state index in [1.54, 1.807) is 11.3 Å². The first kappa shape index (κ1) is 13.3. The predicted octanol–water partition coefficient (Wildman–Crippen LogP) is 2.49. The highest BCUT2D eigenvalue weighted by molar-refractivity contribution is 7.13. The van der Waals surface area contributed by atoms with Crippen LogP contribution in [0.25, 0.3) is 0 Å². The van der Waals surface area contributed by atoms with Crippen molar-refractivity contribution in [1.82, 2.24) is 4.98 Å². The Morgan fingerprint density at radius 3 is 3.17 bits per heavy atom. The summed E-state index contributed by atoms with van der Waals surface area (Å²) < 4.78 is 4.63. The van der Waals surface area contributed by atoms with Gasteiger partial charge in [-0.25, -0.2) is 4.98 Å². The van der Waals surface area contributed by atoms with Crippen molar-refractivity contribution >= 4 is 22.4 Å². The summed E-state index contributed by atoms with van der Waals surface area (Å²) in [5.41, 5.74) is 1.00. The minimum atomic E-state index is -0.170. The normalized spacial score (nSPS) is 19.2. The number of carbonyl (C=O) groups excluding carboxylic acids is 1. The third-order valence-corrected chi connectivity index (χ3v) is 4.44. The summed E-state index contributed by atoms with van der Waals surface area (Å²) in [5, 5.41) is 3.16. The molecule has 0 aliphatic carbocycles. The van der Waals surface area contributed by atoms with Gasteiger partial charge in [-0.05, 0) is 12.3 Å². The van der Waals surface area contributed by atoms with E-state index in [1.165, 1.54) is 20.0 Å². The number of ether oxygens (including phenoxy) is 1. The van der Waals surface area contributed by atoms with Crippen LogP contribution in [0, 0.1) is 5.92 Å². The zero-order valence-corrected chi connectivity index (χ0v) is 11.8. The number of methoxy groups -OCH3 is 1. The summed E-state index contributed by atoms with van der Waals surface area (Å²) in [6.07, 6.45) is 3.61. The van der Waals surface area contributed by atoms with Crippen molar-refractivity contribution in [1.29, 1.82) is 0 Å². The van der Waals surface area contributed by atoms with Gasteiger partial charge in [0.1, 0.15) is 0 Å². The third kappa shape index (κ3) is 3.22. The number of hydrogen-bond donors (Lipinski definition) is 0. The quantitative estimate of drug-likeness (QED) is 0.769. The fourth-order valence-corrected chi connectivity index (χ4v) is 3.13. The summed E-state index contributed by atoms with van der Waals surface area (Å²) in [6.45, 7) is 4.49. The minimum Gasteiger partial charge on any atom is -0.469 e. The second-order valence-electron chi connectivity index (χ2n) is 4.71. The van der Waals surface area contributed by atoms with Crippen LogP contribution in [0.2, 0.25) is 0 Å². The van der Waals surface area contributed by atoms with E-state index in [9.17, 15) is 4.79 Å². The lowest BCUT2D eigenvalue weighted by Gasteiger charge is -2.14. The van der Waals surface area contributed by atoms with Crippen molar-refractivity contribution in [3.05, 3.63) is 11.1 Å². The van der Waals surface area contributed by atoms with Crippen LogP contribution in [0.4, 0.5) is 5.13 Å². The third-order valence-electron chi connectivity index (χ3n) is 3.49. The molecular weight excluding hydrogens is 248 g/mol. The van der Waals surface area contributed by atoms with Crippen LogP contribution in [-0.2, 0) is 16.0 Å². The van der Waals surface area contributed by atoms with E-state index in [0.29, 0.717) is 12.8 Å². The SMILES string of the molecule is CCC1CCN(c2nc(CCC(=O)OC)cs2)C1. The summed E-state index contributed by atoms with van der Waals surface area (Å²) in [7, 11) is 1.42. The molecule has 0 spiro atoms. The number of carbonyl (C=O) groups is 1. The number of aromatic nitrogens is 1. The molecule has 0 radical (unpaired) electrons. The smallest absolute Gasteiger partial charge is 0.305 e. The highest BCUT2D eigenvalue weighted by Crippen LogP contribution is 2.28. The molecular formula is C13H20N2O2S. The van der Waals surface area contributed by atoms with Gasteiger partial charge in [0.15, 0.2) is 5.13 Å². The molecule has 0 N–H and O–H groups in total. The lowest BCUT2D eigenvalue weighted by molar-refractivity contribution is -0.140. The maximum absolute atomic E-state index is 11.1. The number of rotatable bonds is 5. The van der Waals surface area contributed by atoms with E-state index >= 15 is 0 Å². The van der Waals surface area contributed by atoms with Crippen molar-refractivity contribution in [3.63, 3.8) is 0 Å². The molecule has 1 aromatic heterocycles. The van der Waals surface area contributed by atoms with E-state index in [4.69, 9.17) is 0 Å². The number of aryl methyl sites for hydroxylation is 1. The molecule has 0 bridgehead atoms. The van der Waals surface area contributed by atoms with Gasteiger partial charge in [0, 0.05) is 24.9 Å². The molecule has 4 nitrogen and oxygen atoms in total. The van der Waals surface area contributed by atoms with E-state index in [1.807, 2.05) is 0 Å². The van der Waals surface area contributed by atoms with E-state index in [-0.39, 0.29) is 5.97 Å². The highest BCUT2D eigenvalue weighted by atomic mass is 32.1. The molecule has 0 saturated carbocycles. The van der Waals surface area contributed by atoms with Gasteiger partial charge in [0.2, 0.25) is 0 Å². The molecule has 2 rings (SSSR count). The van der Waals surface area contributed by atoms with Gasteiger partial charge in [0.05, 0.1) is 19.2 Å². The first-order valence-electron chi connectivity index (χ1n) is 6.49. The van der Waals surface area contributed by atoms with Gasteiger partial charge < -0.3 is 9.64 Å². The Morgan fingerprint density at radius 1 is 1.67 bits per heavy atom. The number of thiazole rings is 1. The average molecular weight is 268 g/mol. The Bertz CT molecular complexity index is 405. The number of nitrogens with zero attached hydrogens (tertiary/aromatic N) is 2. The van der Waals surface area contributed by atoms with Crippen molar-refractivity contribution in [2.45, 2.75) is 32.6 Å². The van der Waals surface area contributed by atoms with E-state index in [2.05, 4.69) is 26.9 Å². The van der Waals surface area contributed by atoms with Crippen LogP contribution in [0.5, 0.6) is 0 Å². The van der Waals surface area contributed by atoms with Crippen molar-refractivity contribution in [2.75, 3.05) is 25.1 Å². The summed E-state index contributed by atoms with van der Waals surface area (Å²) in [4.78, 5) is 18.0. The van der Waals surface area contributed by atoms with Gasteiger partial charge in [-0.1, -0.05) is 13.3 Å². The van der Waals surface area contributed by atoms with Gasteiger partial charge >= 0.3 is 5.97 Å². The first-order valence-corrected chi connectivity index (χ1v) is 7.37. The van der Waals surface area contributed by atoms with Crippen molar-refractivity contribution < 1.29 is 9.53 Å². The molecule has 5 heteroatoms. The largest absolute Gasteiger partial charge is 0.469 e. The lowest BCUT2D eigenvalue weighted by Crippen LogP contribution is -2.19. The fraction of sp³-hybridized carbons (Fsp3) is 0.692. The molecule has 2 heterocycles. The van der Waals surface area contributed by atoms with Crippen molar-refractivity contribution in [2.24, 2.45) is 5.92 Å². The lowest BCUT2D eigenvalue weighted by atomic mass is 10.1. The molecule has 1 saturated heterocycles. The molecule has 18 heavy (non-hydrogen) atoms. The monoisotopic (exact) mass is 268 g/mol.